The van der Waals surface area contributed by atoms with E-state index in [-0.39, 0.29) is 42.7 Å². The number of carboxylic acid groups (broad SMARTS) is 1. The smallest absolute Gasteiger partial charge is 0.290 e. The van der Waals surface area contributed by atoms with Crippen molar-refractivity contribution in [2.75, 3.05) is 6.61 Å². The van der Waals surface area contributed by atoms with Gasteiger partial charge in [-0.25, -0.2) is 14.1 Å². The summed E-state index contributed by atoms with van der Waals surface area (Å²) in [6, 6.07) is 14.7. The molecule has 1 saturated heterocycles. The SMILES string of the molecule is NC(=O)Cc1nc([C@H]2OCC(=O)N[C@@H]2c2ccccc2)n(-c2ccccc2F)n1.O=CO. The van der Waals surface area contributed by atoms with Gasteiger partial charge < -0.3 is 20.9 Å². The number of amides is 2. The molecule has 3 aromatic rings. The second-order valence-corrected chi connectivity index (χ2v) is 6.69. The second kappa shape index (κ2) is 10.3. The third kappa shape index (κ3) is 5.13. The zero-order valence-electron chi connectivity index (χ0n) is 16.7. The first-order valence-electron chi connectivity index (χ1n) is 9.47. The lowest BCUT2D eigenvalue weighted by molar-refractivity contribution is -0.138. The van der Waals surface area contributed by atoms with Crippen LogP contribution in [0.2, 0.25) is 0 Å². The van der Waals surface area contributed by atoms with Gasteiger partial charge in [-0.1, -0.05) is 42.5 Å². The molecular weight excluding hydrogens is 421 g/mol. The zero-order valence-corrected chi connectivity index (χ0v) is 16.7. The maximum atomic E-state index is 14.5. The number of nitrogens with zero attached hydrogens (tertiary/aromatic N) is 3. The molecule has 4 N–H and O–H groups in total. The van der Waals surface area contributed by atoms with Crippen LogP contribution in [0.5, 0.6) is 0 Å². The number of primary amides is 1. The van der Waals surface area contributed by atoms with Crippen molar-refractivity contribution in [3.05, 3.63) is 77.6 Å². The standard InChI is InChI=1S/C20H18FN5O3.CH2O2/c21-13-8-4-5-9-14(13)26-20(23-16(25-26)10-15(22)27)19-18(24-17(28)11-29-19)12-6-2-1-3-7-12;2-1-3/h1-9,18-19H,10-11H2,(H2,22,27)(H,24,28);1H,(H,2,3)/t18-,19+;/m1./s1. The molecule has 1 aliphatic rings. The largest absolute Gasteiger partial charge is 0.483 e. The molecule has 2 aromatic carbocycles. The number of rotatable bonds is 5. The molecule has 11 heteroatoms. The normalized spacial score (nSPS) is 17.6. The summed E-state index contributed by atoms with van der Waals surface area (Å²) in [7, 11) is 0. The van der Waals surface area contributed by atoms with Gasteiger partial charge in [0, 0.05) is 0 Å². The van der Waals surface area contributed by atoms with Gasteiger partial charge in [0.2, 0.25) is 11.8 Å². The van der Waals surface area contributed by atoms with Gasteiger partial charge in [0.25, 0.3) is 6.47 Å². The summed E-state index contributed by atoms with van der Waals surface area (Å²) in [4.78, 5) is 36.1. The molecule has 0 unspecified atom stereocenters. The molecule has 0 saturated carbocycles. The predicted octanol–water partition coefficient (Wildman–Crippen LogP) is 1.06. The van der Waals surface area contributed by atoms with Gasteiger partial charge in [-0.15, -0.1) is 0 Å². The van der Waals surface area contributed by atoms with E-state index in [0.717, 1.165) is 5.56 Å². The molecular formula is C21H20FN5O5. The Balaban J connectivity index is 0.000000913. The van der Waals surface area contributed by atoms with Crippen LogP contribution >= 0.6 is 0 Å². The number of ether oxygens (including phenoxy) is 1. The average molecular weight is 441 g/mol. The number of aromatic nitrogens is 3. The quantitative estimate of drug-likeness (QED) is 0.501. The highest BCUT2D eigenvalue weighted by molar-refractivity contribution is 5.78. The number of carbonyl (C=O) groups excluding carboxylic acids is 2. The minimum Gasteiger partial charge on any atom is -0.483 e. The third-order valence-corrected chi connectivity index (χ3v) is 4.52. The highest BCUT2D eigenvalue weighted by Crippen LogP contribution is 2.34. The van der Waals surface area contributed by atoms with E-state index in [9.17, 15) is 14.0 Å². The molecule has 0 radical (unpaired) electrons. The second-order valence-electron chi connectivity index (χ2n) is 6.69. The number of carbonyl (C=O) groups is 3. The Morgan fingerprint density at radius 3 is 2.56 bits per heavy atom. The number of para-hydroxylation sites is 1. The van der Waals surface area contributed by atoms with E-state index in [1.165, 1.54) is 10.7 Å². The molecule has 0 spiro atoms. The number of benzene rings is 2. The summed E-state index contributed by atoms with van der Waals surface area (Å²) in [6.07, 6.45) is -0.951. The molecule has 2 amide bonds. The minimum atomic E-state index is -0.746. The first kappa shape index (κ1) is 22.6. The van der Waals surface area contributed by atoms with Crippen LogP contribution in [0.25, 0.3) is 5.69 Å². The van der Waals surface area contributed by atoms with E-state index < -0.39 is 23.9 Å². The lowest BCUT2D eigenvalue weighted by Crippen LogP contribution is -2.42. The Morgan fingerprint density at radius 2 is 1.91 bits per heavy atom. The van der Waals surface area contributed by atoms with Gasteiger partial charge in [-0.3, -0.25) is 14.4 Å². The highest BCUT2D eigenvalue weighted by atomic mass is 19.1. The molecule has 1 aliphatic heterocycles. The average Bonchev–Trinajstić information content (AvgIpc) is 3.17. The van der Waals surface area contributed by atoms with Crippen LogP contribution in [0.15, 0.2) is 54.6 Å². The maximum absolute atomic E-state index is 14.5. The molecule has 1 aromatic heterocycles. The number of halogens is 1. The van der Waals surface area contributed by atoms with Gasteiger partial charge in [-0.2, -0.15) is 5.10 Å². The predicted molar refractivity (Wildman–Crippen MR) is 109 cm³/mol. The van der Waals surface area contributed by atoms with Crippen molar-refractivity contribution in [2.45, 2.75) is 18.6 Å². The summed E-state index contributed by atoms with van der Waals surface area (Å²) in [5, 5.41) is 14.1. The van der Waals surface area contributed by atoms with Crippen molar-refractivity contribution >= 4 is 18.3 Å². The van der Waals surface area contributed by atoms with Crippen LogP contribution in [-0.2, 0) is 25.5 Å². The highest BCUT2D eigenvalue weighted by Gasteiger charge is 2.36. The van der Waals surface area contributed by atoms with Crippen LogP contribution < -0.4 is 11.1 Å². The molecule has 2 heterocycles. The van der Waals surface area contributed by atoms with Gasteiger partial charge in [0.15, 0.2) is 11.6 Å². The number of hydrogen-bond acceptors (Lipinski definition) is 6. The van der Waals surface area contributed by atoms with Gasteiger partial charge in [-0.05, 0) is 17.7 Å². The van der Waals surface area contributed by atoms with Crippen molar-refractivity contribution in [1.29, 1.82) is 0 Å². The zero-order chi connectivity index (χ0) is 23.1. The van der Waals surface area contributed by atoms with E-state index in [0.29, 0.717) is 0 Å². The van der Waals surface area contributed by atoms with Gasteiger partial charge in [0.1, 0.15) is 24.2 Å². The van der Waals surface area contributed by atoms with E-state index in [4.69, 9.17) is 20.4 Å². The van der Waals surface area contributed by atoms with Crippen LogP contribution in [-0.4, -0.2) is 44.8 Å². The van der Waals surface area contributed by atoms with Gasteiger partial charge in [0.05, 0.1) is 12.5 Å². The molecule has 10 nitrogen and oxygen atoms in total. The first-order chi connectivity index (χ1) is 15.4. The first-order valence-corrected chi connectivity index (χ1v) is 9.47. The molecule has 0 bridgehead atoms. The molecule has 0 aliphatic carbocycles. The van der Waals surface area contributed by atoms with E-state index in [2.05, 4.69) is 15.4 Å². The molecule has 32 heavy (non-hydrogen) atoms. The summed E-state index contributed by atoms with van der Waals surface area (Å²) >= 11 is 0. The van der Waals surface area contributed by atoms with Crippen molar-refractivity contribution < 1.29 is 28.6 Å². The lowest BCUT2D eigenvalue weighted by atomic mass is 9.99. The van der Waals surface area contributed by atoms with Crippen LogP contribution in [0.3, 0.4) is 0 Å². The summed E-state index contributed by atoms with van der Waals surface area (Å²) in [6.45, 7) is -0.427. The van der Waals surface area contributed by atoms with Gasteiger partial charge >= 0.3 is 0 Å². The van der Waals surface area contributed by atoms with E-state index in [1.54, 1.807) is 18.2 Å². The fraction of sp³-hybridized carbons (Fsp3) is 0.190. The minimum absolute atomic E-state index is 0.142. The number of nitrogens with two attached hydrogens (primary N) is 1. The Morgan fingerprint density at radius 1 is 1.25 bits per heavy atom. The van der Waals surface area contributed by atoms with Crippen LogP contribution in [0.4, 0.5) is 4.39 Å². The third-order valence-electron chi connectivity index (χ3n) is 4.52. The van der Waals surface area contributed by atoms with Crippen LogP contribution in [0, 0.1) is 5.82 Å². The van der Waals surface area contributed by atoms with Crippen molar-refractivity contribution in [1.82, 2.24) is 20.1 Å². The van der Waals surface area contributed by atoms with Crippen LogP contribution in [0.1, 0.15) is 29.4 Å². The number of morpholine rings is 1. The van der Waals surface area contributed by atoms with E-state index >= 15 is 0 Å². The molecule has 4 rings (SSSR count). The van der Waals surface area contributed by atoms with Crippen molar-refractivity contribution in [3.63, 3.8) is 0 Å². The lowest BCUT2D eigenvalue weighted by Gasteiger charge is -2.32. The molecule has 1 fully saturated rings. The fourth-order valence-corrected chi connectivity index (χ4v) is 3.28. The monoisotopic (exact) mass is 441 g/mol. The maximum Gasteiger partial charge on any atom is 0.290 e. The fourth-order valence-electron chi connectivity index (χ4n) is 3.28. The van der Waals surface area contributed by atoms with E-state index in [1.807, 2.05) is 30.3 Å². The number of hydrogen-bond donors (Lipinski definition) is 3. The Hall–Kier alpha value is -4.12. The Kier molecular flexibility index (Phi) is 7.24. The van der Waals surface area contributed by atoms with Crippen molar-refractivity contribution in [3.8, 4) is 5.69 Å². The van der Waals surface area contributed by atoms with Crippen molar-refractivity contribution in [2.24, 2.45) is 5.73 Å². The Bertz CT molecular complexity index is 1100. The summed E-state index contributed by atoms with van der Waals surface area (Å²) in [5.74, 6) is -0.993. The summed E-state index contributed by atoms with van der Waals surface area (Å²) in [5.41, 5.74) is 6.22. The topological polar surface area (TPSA) is 149 Å². The molecule has 166 valence electrons. The molecule has 2 atom stereocenters. The Labute approximate surface area is 181 Å². The summed E-state index contributed by atoms with van der Waals surface area (Å²) < 4.78 is 21.6. The number of nitrogens with one attached hydrogen (secondary N) is 1.